The maximum atomic E-state index is 13.3. The minimum Gasteiger partial charge on any atom is -0.494 e. The van der Waals surface area contributed by atoms with Crippen LogP contribution in [0.3, 0.4) is 0 Å². The van der Waals surface area contributed by atoms with Crippen molar-refractivity contribution in [2.24, 2.45) is 0 Å². The molecule has 0 saturated heterocycles. The van der Waals surface area contributed by atoms with Crippen molar-refractivity contribution in [2.45, 2.75) is 19.4 Å². The molecule has 184 valence electrons. The molecule has 1 aliphatic heterocycles. The van der Waals surface area contributed by atoms with Crippen molar-refractivity contribution in [1.82, 2.24) is 10.2 Å². The predicted molar refractivity (Wildman–Crippen MR) is 130 cm³/mol. The predicted octanol–water partition coefficient (Wildman–Crippen LogP) is 4.26. The minimum absolute atomic E-state index is 0.193. The van der Waals surface area contributed by atoms with Crippen molar-refractivity contribution in [2.75, 3.05) is 39.2 Å². The summed E-state index contributed by atoms with van der Waals surface area (Å²) in [5.41, 5.74) is 2.57. The van der Waals surface area contributed by atoms with E-state index in [-0.39, 0.29) is 24.2 Å². The standard InChI is InChI=1S/C26H29N3O6/c1-4-34-19-9-7-18(8-10-19)28-26(31)29-12-11-17-14-23(32-2)24(33-3)15-20(17)21(29)16-27-25(30)22-6-5-13-35-22/h5-10,13-15,21H,4,11-12,16H2,1-3H3,(H,27,30)(H,28,31)/t21-/m1/s1. The Kier molecular flexibility index (Phi) is 7.45. The summed E-state index contributed by atoms with van der Waals surface area (Å²) in [6.07, 6.45) is 2.08. The first-order chi connectivity index (χ1) is 17.0. The summed E-state index contributed by atoms with van der Waals surface area (Å²) in [5.74, 6) is 1.77. The normalized spacial score (nSPS) is 14.6. The third kappa shape index (κ3) is 5.34. The van der Waals surface area contributed by atoms with Gasteiger partial charge in [0, 0.05) is 18.8 Å². The summed E-state index contributed by atoms with van der Waals surface area (Å²) in [6.45, 7) is 3.14. The van der Waals surface area contributed by atoms with Gasteiger partial charge in [-0.1, -0.05) is 0 Å². The molecule has 3 amide bonds. The van der Waals surface area contributed by atoms with Crippen LogP contribution in [-0.2, 0) is 6.42 Å². The van der Waals surface area contributed by atoms with Crippen LogP contribution in [-0.4, -0.2) is 50.8 Å². The Morgan fingerprint density at radius 3 is 2.49 bits per heavy atom. The minimum atomic E-state index is -0.430. The molecule has 0 aliphatic carbocycles. The molecule has 0 saturated carbocycles. The molecule has 1 atom stereocenters. The third-order valence-electron chi connectivity index (χ3n) is 5.88. The second-order valence-corrected chi connectivity index (χ2v) is 7.94. The molecular weight excluding hydrogens is 450 g/mol. The number of nitrogens with zero attached hydrogens (tertiary/aromatic N) is 1. The number of amides is 3. The number of methoxy groups -OCH3 is 2. The Morgan fingerprint density at radius 2 is 1.83 bits per heavy atom. The molecule has 9 nitrogen and oxygen atoms in total. The summed E-state index contributed by atoms with van der Waals surface area (Å²) in [4.78, 5) is 27.6. The summed E-state index contributed by atoms with van der Waals surface area (Å²) in [6, 6.07) is 13.5. The highest BCUT2D eigenvalue weighted by atomic mass is 16.5. The number of nitrogens with one attached hydrogen (secondary N) is 2. The summed E-state index contributed by atoms with van der Waals surface area (Å²) < 4.78 is 21.6. The second kappa shape index (κ2) is 10.9. The molecule has 3 aromatic rings. The number of furan rings is 1. The van der Waals surface area contributed by atoms with Gasteiger partial charge in [-0.3, -0.25) is 4.79 Å². The van der Waals surface area contributed by atoms with Gasteiger partial charge in [0.25, 0.3) is 5.91 Å². The quantitative estimate of drug-likeness (QED) is 0.501. The van der Waals surface area contributed by atoms with Crippen LogP contribution in [0.5, 0.6) is 17.2 Å². The Morgan fingerprint density at radius 1 is 1.09 bits per heavy atom. The fourth-order valence-corrected chi connectivity index (χ4v) is 4.17. The fraction of sp³-hybridized carbons (Fsp3) is 0.308. The van der Waals surface area contributed by atoms with Gasteiger partial charge >= 0.3 is 6.03 Å². The number of fused-ring (bicyclic) bond motifs is 1. The average Bonchev–Trinajstić information content (AvgIpc) is 3.42. The van der Waals surface area contributed by atoms with Crippen LogP contribution in [0, 0.1) is 0 Å². The van der Waals surface area contributed by atoms with Crippen LogP contribution < -0.4 is 24.8 Å². The number of urea groups is 1. The molecule has 1 aliphatic rings. The molecule has 0 radical (unpaired) electrons. The number of carbonyl (C=O) groups is 2. The lowest BCUT2D eigenvalue weighted by Gasteiger charge is -2.37. The number of ether oxygens (including phenoxy) is 3. The first kappa shape index (κ1) is 24.0. The smallest absolute Gasteiger partial charge is 0.322 e. The van der Waals surface area contributed by atoms with Gasteiger partial charge in [0.15, 0.2) is 17.3 Å². The molecule has 4 rings (SSSR count). The Bertz CT molecular complexity index is 1160. The van der Waals surface area contributed by atoms with Crippen molar-refractivity contribution in [3.8, 4) is 17.2 Å². The number of rotatable bonds is 8. The van der Waals surface area contributed by atoms with Crippen molar-refractivity contribution in [3.63, 3.8) is 0 Å². The van der Waals surface area contributed by atoms with E-state index in [4.69, 9.17) is 18.6 Å². The van der Waals surface area contributed by atoms with Crippen LogP contribution in [0.25, 0.3) is 0 Å². The number of hydrogen-bond donors (Lipinski definition) is 2. The van der Waals surface area contributed by atoms with Gasteiger partial charge < -0.3 is 34.2 Å². The van der Waals surface area contributed by atoms with E-state index in [2.05, 4.69) is 10.6 Å². The van der Waals surface area contributed by atoms with Gasteiger partial charge in [0.05, 0.1) is 33.1 Å². The van der Waals surface area contributed by atoms with Gasteiger partial charge in [-0.2, -0.15) is 0 Å². The van der Waals surface area contributed by atoms with Gasteiger partial charge in [0.2, 0.25) is 0 Å². The van der Waals surface area contributed by atoms with Crippen LogP contribution in [0.2, 0.25) is 0 Å². The zero-order valence-electron chi connectivity index (χ0n) is 20.0. The largest absolute Gasteiger partial charge is 0.494 e. The molecule has 0 bridgehead atoms. The van der Waals surface area contributed by atoms with Crippen LogP contribution in [0.15, 0.2) is 59.2 Å². The Hall–Kier alpha value is -4.14. The lowest BCUT2D eigenvalue weighted by molar-refractivity contribution is 0.0909. The zero-order chi connectivity index (χ0) is 24.8. The highest BCUT2D eigenvalue weighted by Crippen LogP contribution is 2.38. The monoisotopic (exact) mass is 479 g/mol. The van der Waals surface area contributed by atoms with E-state index in [1.165, 1.54) is 6.26 Å². The van der Waals surface area contributed by atoms with Crippen LogP contribution >= 0.6 is 0 Å². The first-order valence-corrected chi connectivity index (χ1v) is 11.4. The summed E-state index contributed by atoms with van der Waals surface area (Å²) in [7, 11) is 3.15. The summed E-state index contributed by atoms with van der Waals surface area (Å²) >= 11 is 0. The number of hydrogen-bond acceptors (Lipinski definition) is 6. The van der Waals surface area contributed by atoms with Crippen molar-refractivity contribution in [3.05, 3.63) is 71.7 Å². The maximum absolute atomic E-state index is 13.3. The Labute approximate surface area is 204 Å². The highest BCUT2D eigenvalue weighted by molar-refractivity contribution is 5.92. The lowest BCUT2D eigenvalue weighted by atomic mass is 9.91. The molecular formula is C26H29N3O6. The molecule has 9 heteroatoms. The molecule has 35 heavy (non-hydrogen) atoms. The third-order valence-corrected chi connectivity index (χ3v) is 5.88. The Balaban J connectivity index is 1.59. The van der Waals surface area contributed by atoms with E-state index in [0.29, 0.717) is 36.8 Å². The molecule has 2 aromatic carbocycles. The fourth-order valence-electron chi connectivity index (χ4n) is 4.17. The average molecular weight is 480 g/mol. The topological polar surface area (TPSA) is 102 Å². The van der Waals surface area contributed by atoms with Crippen LogP contribution in [0.4, 0.5) is 10.5 Å². The molecule has 1 aromatic heterocycles. The number of anilines is 1. The maximum Gasteiger partial charge on any atom is 0.322 e. The first-order valence-electron chi connectivity index (χ1n) is 11.4. The molecule has 2 heterocycles. The number of carbonyl (C=O) groups excluding carboxylic acids is 2. The van der Waals surface area contributed by atoms with Crippen molar-refractivity contribution in [1.29, 1.82) is 0 Å². The summed E-state index contributed by atoms with van der Waals surface area (Å²) in [5, 5.41) is 5.84. The SMILES string of the molecule is CCOc1ccc(NC(=O)N2CCc3cc(OC)c(OC)cc3[C@H]2CNC(=O)c2ccco2)cc1. The van der Waals surface area contributed by atoms with E-state index in [0.717, 1.165) is 16.9 Å². The van der Waals surface area contributed by atoms with E-state index in [9.17, 15) is 9.59 Å². The van der Waals surface area contributed by atoms with Gasteiger partial charge in [-0.25, -0.2) is 4.79 Å². The van der Waals surface area contributed by atoms with Gasteiger partial charge in [-0.15, -0.1) is 0 Å². The van der Waals surface area contributed by atoms with E-state index >= 15 is 0 Å². The molecule has 0 fully saturated rings. The van der Waals surface area contributed by atoms with Crippen LogP contribution in [0.1, 0.15) is 34.6 Å². The molecule has 0 unspecified atom stereocenters. The molecule has 0 spiro atoms. The number of benzene rings is 2. The van der Waals surface area contributed by atoms with E-state index in [1.807, 2.05) is 31.2 Å². The second-order valence-electron chi connectivity index (χ2n) is 7.94. The molecule has 2 N–H and O–H groups in total. The van der Waals surface area contributed by atoms with Crippen molar-refractivity contribution < 1.29 is 28.2 Å². The lowest BCUT2D eigenvalue weighted by Crippen LogP contribution is -2.46. The van der Waals surface area contributed by atoms with Gasteiger partial charge in [-0.05, 0) is 73.0 Å². The zero-order valence-corrected chi connectivity index (χ0v) is 20.0. The van der Waals surface area contributed by atoms with E-state index in [1.54, 1.807) is 43.4 Å². The van der Waals surface area contributed by atoms with Crippen molar-refractivity contribution >= 4 is 17.6 Å². The highest BCUT2D eigenvalue weighted by Gasteiger charge is 2.33. The van der Waals surface area contributed by atoms with E-state index < -0.39 is 6.04 Å². The van der Waals surface area contributed by atoms with Gasteiger partial charge in [0.1, 0.15) is 5.75 Å².